The molecule has 2 amide bonds. The normalized spacial score (nSPS) is 15.3. The molecule has 1 aliphatic heterocycles. The van der Waals surface area contributed by atoms with Gasteiger partial charge in [-0.1, -0.05) is 38.1 Å². The second kappa shape index (κ2) is 11.1. The number of H-pyrrole nitrogens is 1. The summed E-state index contributed by atoms with van der Waals surface area (Å²) in [5, 5.41) is 9.09. The van der Waals surface area contributed by atoms with Crippen LogP contribution in [0.5, 0.6) is 0 Å². The number of hydrogen-bond donors (Lipinski definition) is 2. The number of anilines is 1. The Balaban J connectivity index is 1.24. The van der Waals surface area contributed by atoms with E-state index >= 15 is 0 Å². The Bertz CT molecular complexity index is 1230. The average Bonchev–Trinajstić information content (AvgIpc) is 3.51. The van der Waals surface area contributed by atoms with Gasteiger partial charge in [-0.15, -0.1) is 0 Å². The van der Waals surface area contributed by atoms with Crippen LogP contribution in [-0.4, -0.2) is 52.2 Å². The summed E-state index contributed by atoms with van der Waals surface area (Å²) in [6.07, 6.45) is 1.19. The predicted octanol–water partition coefficient (Wildman–Crippen LogP) is 3.91. The van der Waals surface area contributed by atoms with Gasteiger partial charge in [0.15, 0.2) is 11.6 Å². The summed E-state index contributed by atoms with van der Waals surface area (Å²) in [6.45, 7) is 4.52. The van der Waals surface area contributed by atoms with E-state index in [-0.39, 0.29) is 49.0 Å². The fraction of sp³-hybridized carbons (Fsp3) is 0.346. The third-order valence-corrected chi connectivity index (χ3v) is 5.82. The van der Waals surface area contributed by atoms with Crippen molar-refractivity contribution in [2.45, 2.75) is 39.2 Å². The van der Waals surface area contributed by atoms with E-state index in [1.54, 1.807) is 18.2 Å². The zero-order chi connectivity index (χ0) is 25.7. The SMILES string of the molecule is CC(C)Cc1ccc(C(=O)CCC(=O)NC[C@H]2CN(c3ccc(-c4nc[nH]n4)c(F)c3)C(=O)O2)cc1. The Kier molecular flexibility index (Phi) is 7.72. The van der Waals surface area contributed by atoms with E-state index in [0.29, 0.717) is 17.2 Å². The molecule has 1 saturated heterocycles. The standard InChI is InChI=1S/C26H28FN5O4/c1-16(2)11-17-3-5-18(6-4-17)23(33)9-10-24(34)28-13-20-14-32(26(35)36-20)19-7-8-21(22(27)12-19)25-29-15-30-31-25/h3-8,12,15-16,20H,9-11,13-14H2,1-2H3,(H,28,34)(H,29,30,31)/t20-/m0/s1. The summed E-state index contributed by atoms with van der Waals surface area (Å²) in [4.78, 5) is 42.2. The predicted molar refractivity (Wildman–Crippen MR) is 131 cm³/mol. The molecule has 0 spiro atoms. The summed E-state index contributed by atoms with van der Waals surface area (Å²) in [5.41, 5.74) is 2.29. The molecule has 36 heavy (non-hydrogen) atoms. The molecule has 10 heteroatoms. The number of Topliss-reactive ketones (excluding diaryl/α,β-unsaturated/α-hetero) is 1. The number of carbonyl (C=O) groups is 3. The first kappa shape index (κ1) is 25.0. The number of hydrogen-bond acceptors (Lipinski definition) is 6. The molecule has 2 heterocycles. The molecule has 1 aromatic heterocycles. The Morgan fingerprint density at radius 1 is 1.19 bits per heavy atom. The van der Waals surface area contributed by atoms with E-state index < -0.39 is 18.0 Å². The number of rotatable bonds is 10. The lowest BCUT2D eigenvalue weighted by Crippen LogP contribution is -2.34. The minimum atomic E-state index is -0.629. The van der Waals surface area contributed by atoms with Gasteiger partial charge < -0.3 is 10.1 Å². The lowest BCUT2D eigenvalue weighted by molar-refractivity contribution is -0.121. The van der Waals surface area contributed by atoms with Gasteiger partial charge >= 0.3 is 6.09 Å². The van der Waals surface area contributed by atoms with E-state index in [0.717, 1.165) is 6.42 Å². The van der Waals surface area contributed by atoms with E-state index in [9.17, 15) is 18.8 Å². The maximum absolute atomic E-state index is 14.5. The van der Waals surface area contributed by atoms with E-state index in [2.05, 4.69) is 34.3 Å². The number of ether oxygens (including phenoxy) is 1. The minimum Gasteiger partial charge on any atom is -0.442 e. The summed E-state index contributed by atoms with van der Waals surface area (Å²) in [7, 11) is 0. The monoisotopic (exact) mass is 493 g/mol. The number of benzene rings is 2. The van der Waals surface area contributed by atoms with Gasteiger partial charge in [0.05, 0.1) is 24.3 Å². The fourth-order valence-electron chi connectivity index (χ4n) is 4.02. The summed E-state index contributed by atoms with van der Waals surface area (Å²) in [6, 6.07) is 11.8. The van der Waals surface area contributed by atoms with Crippen LogP contribution in [-0.2, 0) is 16.0 Å². The molecule has 1 fully saturated rings. The highest BCUT2D eigenvalue weighted by Gasteiger charge is 2.33. The topological polar surface area (TPSA) is 117 Å². The van der Waals surface area contributed by atoms with Crippen molar-refractivity contribution < 1.29 is 23.5 Å². The number of aromatic amines is 1. The van der Waals surface area contributed by atoms with Crippen LogP contribution in [0.2, 0.25) is 0 Å². The van der Waals surface area contributed by atoms with Gasteiger partial charge in [-0.25, -0.2) is 14.2 Å². The second-order valence-corrected chi connectivity index (χ2v) is 9.13. The highest BCUT2D eigenvalue weighted by atomic mass is 19.1. The van der Waals surface area contributed by atoms with E-state index in [1.165, 1.54) is 28.9 Å². The smallest absolute Gasteiger partial charge is 0.414 e. The Labute approximate surface area is 208 Å². The van der Waals surface area contributed by atoms with Crippen molar-refractivity contribution in [3.63, 3.8) is 0 Å². The Hall–Kier alpha value is -4.08. The van der Waals surface area contributed by atoms with Gasteiger partial charge in [-0.2, -0.15) is 5.10 Å². The van der Waals surface area contributed by atoms with Crippen molar-refractivity contribution in [1.82, 2.24) is 20.5 Å². The highest BCUT2D eigenvalue weighted by molar-refractivity contribution is 5.98. The molecule has 0 bridgehead atoms. The largest absolute Gasteiger partial charge is 0.442 e. The van der Waals surface area contributed by atoms with Crippen molar-refractivity contribution in [3.05, 3.63) is 65.7 Å². The van der Waals surface area contributed by atoms with E-state index in [4.69, 9.17) is 4.74 Å². The molecule has 0 unspecified atom stereocenters. The highest BCUT2D eigenvalue weighted by Crippen LogP contribution is 2.27. The zero-order valence-electron chi connectivity index (χ0n) is 20.2. The Morgan fingerprint density at radius 3 is 2.64 bits per heavy atom. The van der Waals surface area contributed by atoms with Gasteiger partial charge in [0.1, 0.15) is 18.2 Å². The molecule has 2 aromatic carbocycles. The molecule has 1 atom stereocenters. The first-order valence-corrected chi connectivity index (χ1v) is 11.8. The molecule has 1 aliphatic rings. The van der Waals surface area contributed by atoms with Gasteiger partial charge in [-0.3, -0.25) is 19.6 Å². The molecule has 3 aromatic rings. The third-order valence-electron chi connectivity index (χ3n) is 5.82. The molecule has 0 saturated carbocycles. The second-order valence-electron chi connectivity index (χ2n) is 9.13. The quantitative estimate of drug-likeness (QED) is 0.414. The van der Waals surface area contributed by atoms with Crippen molar-refractivity contribution in [2.24, 2.45) is 5.92 Å². The van der Waals surface area contributed by atoms with Gasteiger partial charge in [0.2, 0.25) is 5.91 Å². The van der Waals surface area contributed by atoms with Crippen LogP contribution in [0.25, 0.3) is 11.4 Å². The van der Waals surface area contributed by atoms with Crippen LogP contribution < -0.4 is 10.2 Å². The number of nitrogens with zero attached hydrogens (tertiary/aromatic N) is 3. The summed E-state index contributed by atoms with van der Waals surface area (Å²) in [5.74, 6) is -0.235. The number of aromatic nitrogens is 3. The molecule has 4 rings (SSSR count). The fourth-order valence-corrected chi connectivity index (χ4v) is 4.02. The van der Waals surface area contributed by atoms with Crippen molar-refractivity contribution >= 4 is 23.5 Å². The summed E-state index contributed by atoms with van der Waals surface area (Å²) < 4.78 is 19.8. The minimum absolute atomic E-state index is 0.0326. The first-order valence-electron chi connectivity index (χ1n) is 11.8. The van der Waals surface area contributed by atoms with Crippen LogP contribution >= 0.6 is 0 Å². The van der Waals surface area contributed by atoms with Crippen molar-refractivity contribution in [3.8, 4) is 11.4 Å². The maximum atomic E-state index is 14.5. The number of amides is 2. The molecule has 188 valence electrons. The molecule has 9 nitrogen and oxygen atoms in total. The summed E-state index contributed by atoms with van der Waals surface area (Å²) >= 11 is 0. The van der Waals surface area contributed by atoms with Crippen molar-refractivity contribution in [2.75, 3.05) is 18.0 Å². The molecular formula is C26H28FN5O4. The van der Waals surface area contributed by atoms with E-state index in [1.807, 2.05) is 12.1 Å². The van der Waals surface area contributed by atoms with Gasteiger partial charge in [-0.05, 0) is 36.1 Å². The van der Waals surface area contributed by atoms with Gasteiger partial charge in [0.25, 0.3) is 0 Å². The zero-order valence-corrected chi connectivity index (χ0v) is 20.2. The van der Waals surface area contributed by atoms with Crippen LogP contribution in [0.1, 0.15) is 42.6 Å². The number of ketones is 1. The Morgan fingerprint density at radius 2 is 1.97 bits per heavy atom. The number of carbonyl (C=O) groups excluding carboxylic acids is 3. The molecule has 0 aliphatic carbocycles. The first-order chi connectivity index (χ1) is 17.3. The maximum Gasteiger partial charge on any atom is 0.414 e. The molecule has 2 N–H and O–H groups in total. The lowest BCUT2D eigenvalue weighted by Gasteiger charge is -2.14. The third kappa shape index (κ3) is 6.12. The van der Waals surface area contributed by atoms with Crippen LogP contribution in [0.3, 0.4) is 0 Å². The lowest BCUT2D eigenvalue weighted by atomic mass is 9.99. The number of nitrogens with one attached hydrogen (secondary N) is 2. The molecule has 0 radical (unpaired) electrons. The van der Waals surface area contributed by atoms with Crippen LogP contribution in [0.4, 0.5) is 14.9 Å². The van der Waals surface area contributed by atoms with Crippen LogP contribution in [0.15, 0.2) is 48.8 Å². The van der Waals surface area contributed by atoms with Crippen LogP contribution in [0, 0.1) is 11.7 Å². The van der Waals surface area contributed by atoms with Gasteiger partial charge in [0, 0.05) is 18.4 Å². The van der Waals surface area contributed by atoms with Crippen molar-refractivity contribution in [1.29, 1.82) is 0 Å². The number of cyclic esters (lactones) is 1. The number of halogens is 1. The average molecular weight is 494 g/mol. The molecular weight excluding hydrogens is 465 g/mol.